The molecule has 0 spiro atoms. The minimum atomic E-state index is -1.68. The highest BCUT2D eigenvalue weighted by atomic mass is 28.4. The molecule has 0 fully saturated rings. The summed E-state index contributed by atoms with van der Waals surface area (Å²) in [6.07, 6.45) is -0.244. The number of esters is 1. The summed E-state index contributed by atoms with van der Waals surface area (Å²) in [5.41, 5.74) is 0.437. The van der Waals surface area contributed by atoms with Crippen LogP contribution in [0.1, 0.15) is 51.9 Å². The molecular formula is C19H32O3Si. The fourth-order valence-corrected chi connectivity index (χ4v) is 5.16. The first-order chi connectivity index (χ1) is 10.8. The normalized spacial score (nSPS) is 13.7. The summed E-state index contributed by atoms with van der Waals surface area (Å²) >= 11 is 0. The number of carbonyl (C=O) groups is 1. The molecule has 0 saturated carbocycles. The molecule has 23 heavy (non-hydrogen) atoms. The third-order valence-corrected chi connectivity index (χ3v) is 9.34. The van der Waals surface area contributed by atoms with Crippen molar-refractivity contribution in [3.05, 3.63) is 35.9 Å². The molecule has 130 valence electrons. The summed E-state index contributed by atoms with van der Waals surface area (Å²) in [5, 5.41) is 0. The van der Waals surface area contributed by atoms with E-state index in [1.54, 1.807) is 12.1 Å². The Labute approximate surface area is 142 Å². The number of carbonyl (C=O) groups excluding carboxylic acids is 1. The third-order valence-electron chi connectivity index (χ3n) is 4.70. The minimum Gasteiger partial charge on any atom is -0.456 e. The molecule has 4 heteroatoms. The van der Waals surface area contributed by atoms with E-state index in [9.17, 15) is 4.79 Å². The largest absolute Gasteiger partial charge is 0.456 e. The summed E-state index contributed by atoms with van der Waals surface area (Å²) in [6.45, 7) is 13.4. The lowest BCUT2D eigenvalue weighted by Crippen LogP contribution is -2.43. The Bertz CT molecular complexity index is 467. The predicted octanol–water partition coefficient (Wildman–Crippen LogP) is 5.28. The van der Waals surface area contributed by atoms with Gasteiger partial charge in [0, 0.05) is 5.41 Å². The van der Waals surface area contributed by atoms with Crippen LogP contribution in [0.5, 0.6) is 0 Å². The number of hydrogen-bond donors (Lipinski definition) is 0. The number of hydrogen-bond acceptors (Lipinski definition) is 3. The van der Waals surface area contributed by atoms with Crippen LogP contribution in [-0.4, -0.2) is 27.0 Å². The first-order valence-corrected chi connectivity index (χ1v) is 11.2. The average Bonchev–Trinajstić information content (AvgIpc) is 2.55. The van der Waals surface area contributed by atoms with Crippen molar-refractivity contribution in [2.24, 2.45) is 5.41 Å². The van der Waals surface area contributed by atoms with Gasteiger partial charge in [0.25, 0.3) is 0 Å². The molecular weight excluding hydrogens is 304 g/mol. The molecule has 1 atom stereocenters. The van der Waals surface area contributed by atoms with Crippen molar-refractivity contribution in [1.82, 2.24) is 0 Å². The maximum Gasteiger partial charge on any atom is 0.338 e. The summed E-state index contributed by atoms with van der Waals surface area (Å²) in [6, 6.07) is 12.5. The molecule has 1 unspecified atom stereocenters. The average molecular weight is 337 g/mol. The van der Waals surface area contributed by atoms with Gasteiger partial charge in [0.05, 0.1) is 12.2 Å². The van der Waals surface area contributed by atoms with Crippen LogP contribution in [0.4, 0.5) is 0 Å². The quantitative estimate of drug-likeness (QED) is 0.478. The molecule has 0 bridgehead atoms. The Balaban J connectivity index is 2.80. The van der Waals surface area contributed by atoms with E-state index in [4.69, 9.17) is 9.16 Å². The zero-order valence-electron chi connectivity index (χ0n) is 15.5. The lowest BCUT2D eigenvalue weighted by molar-refractivity contribution is -0.0232. The molecule has 1 rings (SSSR count). The van der Waals surface area contributed by atoms with Crippen LogP contribution in [0.3, 0.4) is 0 Å². The second-order valence-corrected chi connectivity index (χ2v) is 12.0. The van der Waals surface area contributed by atoms with Crippen molar-refractivity contribution >= 4 is 14.3 Å². The van der Waals surface area contributed by atoms with Crippen molar-refractivity contribution in [2.45, 2.75) is 65.8 Å². The van der Waals surface area contributed by atoms with E-state index < -0.39 is 8.32 Å². The predicted molar refractivity (Wildman–Crippen MR) is 98.2 cm³/mol. The lowest BCUT2D eigenvalue weighted by Gasteiger charge is -2.35. The molecule has 0 aliphatic heterocycles. The molecule has 1 aromatic rings. The maximum atomic E-state index is 12.4. The van der Waals surface area contributed by atoms with E-state index in [0.29, 0.717) is 12.2 Å². The van der Waals surface area contributed by atoms with Gasteiger partial charge in [0.2, 0.25) is 0 Å². The Kier molecular flexibility index (Phi) is 7.48. The fraction of sp³-hybridized carbons (Fsp3) is 0.632. The van der Waals surface area contributed by atoms with Gasteiger partial charge < -0.3 is 9.16 Å². The highest BCUT2D eigenvalue weighted by Gasteiger charge is 2.34. The van der Waals surface area contributed by atoms with E-state index in [2.05, 4.69) is 41.5 Å². The van der Waals surface area contributed by atoms with Gasteiger partial charge in [-0.25, -0.2) is 4.79 Å². The SMILES string of the molecule is CC[Si](CC)(CC)OCC(OC(=O)c1ccccc1)C(C)(C)C. The van der Waals surface area contributed by atoms with Gasteiger partial charge >= 0.3 is 5.97 Å². The minimum absolute atomic E-state index is 0.153. The summed E-state index contributed by atoms with van der Waals surface area (Å²) in [7, 11) is -1.68. The van der Waals surface area contributed by atoms with Gasteiger partial charge in [0.1, 0.15) is 6.10 Å². The van der Waals surface area contributed by atoms with Crippen LogP contribution in [-0.2, 0) is 9.16 Å². The summed E-state index contributed by atoms with van der Waals surface area (Å²) < 4.78 is 12.2. The third kappa shape index (κ3) is 5.77. The molecule has 0 amide bonds. The maximum absolute atomic E-state index is 12.4. The molecule has 3 nitrogen and oxygen atoms in total. The fourth-order valence-electron chi connectivity index (χ4n) is 2.54. The van der Waals surface area contributed by atoms with Crippen molar-refractivity contribution in [2.75, 3.05) is 6.61 Å². The number of rotatable bonds is 8. The van der Waals surface area contributed by atoms with E-state index >= 15 is 0 Å². The van der Waals surface area contributed by atoms with Crippen molar-refractivity contribution in [3.63, 3.8) is 0 Å². The molecule has 0 N–H and O–H groups in total. The van der Waals surface area contributed by atoms with Gasteiger partial charge in [-0.2, -0.15) is 0 Å². The molecule has 0 saturated heterocycles. The highest BCUT2D eigenvalue weighted by Crippen LogP contribution is 2.28. The van der Waals surface area contributed by atoms with Crippen LogP contribution in [0, 0.1) is 5.41 Å². The molecule has 0 heterocycles. The Morgan fingerprint density at radius 1 is 1.04 bits per heavy atom. The number of ether oxygens (including phenoxy) is 1. The van der Waals surface area contributed by atoms with E-state index in [1.807, 2.05) is 18.2 Å². The van der Waals surface area contributed by atoms with Crippen molar-refractivity contribution in [1.29, 1.82) is 0 Å². The second kappa shape index (κ2) is 8.64. The second-order valence-electron chi connectivity index (χ2n) is 7.18. The zero-order valence-corrected chi connectivity index (χ0v) is 16.5. The van der Waals surface area contributed by atoms with Crippen LogP contribution < -0.4 is 0 Å². The van der Waals surface area contributed by atoms with Gasteiger partial charge in [0.15, 0.2) is 8.32 Å². The lowest BCUT2D eigenvalue weighted by atomic mass is 9.89. The van der Waals surface area contributed by atoms with Crippen molar-refractivity contribution in [3.8, 4) is 0 Å². The smallest absolute Gasteiger partial charge is 0.338 e. The Hall–Kier alpha value is -1.13. The molecule has 0 aromatic heterocycles. The molecule has 0 aliphatic carbocycles. The van der Waals surface area contributed by atoms with E-state index in [1.165, 1.54) is 0 Å². The van der Waals surface area contributed by atoms with Crippen molar-refractivity contribution < 1.29 is 14.0 Å². The monoisotopic (exact) mass is 336 g/mol. The Morgan fingerprint density at radius 2 is 1.57 bits per heavy atom. The van der Waals surface area contributed by atoms with Gasteiger partial charge in [-0.3, -0.25) is 0 Å². The zero-order chi connectivity index (χ0) is 17.5. The molecule has 0 radical (unpaired) electrons. The topological polar surface area (TPSA) is 35.5 Å². The van der Waals surface area contributed by atoms with Crippen LogP contribution in [0.2, 0.25) is 18.1 Å². The molecule has 1 aromatic carbocycles. The number of benzene rings is 1. The van der Waals surface area contributed by atoms with E-state index in [-0.39, 0.29) is 17.5 Å². The Morgan fingerprint density at radius 3 is 2.00 bits per heavy atom. The standard InChI is InChI=1S/C19H32O3Si/c1-7-23(8-2,9-3)21-15-17(19(4,5)6)22-18(20)16-13-11-10-12-14-16/h10-14,17H,7-9,15H2,1-6H3. The summed E-state index contributed by atoms with van der Waals surface area (Å²) in [5.74, 6) is -0.272. The highest BCUT2D eigenvalue weighted by molar-refractivity contribution is 6.73. The summed E-state index contributed by atoms with van der Waals surface area (Å²) in [4.78, 5) is 12.4. The van der Waals surface area contributed by atoms with Gasteiger partial charge in [-0.05, 0) is 30.3 Å². The van der Waals surface area contributed by atoms with Crippen LogP contribution in [0.25, 0.3) is 0 Å². The first-order valence-electron chi connectivity index (χ1n) is 8.68. The van der Waals surface area contributed by atoms with Crippen LogP contribution in [0.15, 0.2) is 30.3 Å². The van der Waals surface area contributed by atoms with Gasteiger partial charge in [-0.1, -0.05) is 59.7 Å². The first kappa shape index (κ1) is 19.9. The van der Waals surface area contributed by atoms with Crippen LogP contribution >= 0.6 is 0 Å². The van der Waals surface area contributed by atoms with Gasteiger partial charge in [-0.15, -0.1) is 0 Å². The molecule has 0 aliphatic rings. The van der Waals surface area contributed by atoms with E-state index in [0.717, 1.165) is 18.1 Å².